The van der Waals surface area contributed by atoms with Gasteiger partial charge < -0.3 is 18.9 Å². The number of quaternary nitrogens is 1. The molecule has 354 valence electrons. The van der Waals surface area contributed by atoms with Gasteiger partial charge in [0, 0.05) is 13.0 Å². The number of unbranched alkanes of at least 4 members (excludes halogenated alkanes) is 19. The number of phosphoric ester groups is 1. The summed E-state index contributed by atoms with van der Waals surface area (Å²) >= 11 is 0. The third-order valence-electron chi connectivity index (χ3n) is 10.3. The molecule has 0 aliphatic rings. The summed E-state index contributed by atoms with van der Waals surface area (Å²) in [5, 5.41) is 0. The van der Waals surface area contributed by atoms with Crippen molar-refractivity contribution in [2.45, 2.75) is 200 Å². The summed E-state index contributed by atoms with van der Waals surface area (Å²) in [6, 6.07) is 0. The van der Waals surface area contributed by atoms with E-state index in [0.29, 0.717) is 24.1 Å². The van der Waals surface area contributed by atoms with E-state index in [-0.39, 0.29) is 25.8 Å². The molecule has 9 heteroatoms. The lowest BCUT2D eigenvalue weighted by atomic mass is 10.1. The van der Waals surface area contributed by atoms with Crippen LogP contribution in [0.2, 0.25) is 0 Å². The predicted molar refractivity (Wildman–Crippen MR) is 261 cm³/mol. The molecule has 0 radical (unpaired) electrons. The van der Waals surface area contributed by atoms with Crippen molar-refractivity contribution >= 4 is 13.8 Å². The number of carbonyl (C=O) groups is 1. The van der Waals surface area contributed by atoms with Crippen LogP contribution >= 0.6 is 7.82 Å². The molecular weight excluding hydrogens is 782 g/mol. The van der Waals surface area contributed by atoms with Crippen LogP contribution in [0.4, 0.5) is 0 Å². The van der Waals surface area contributed by atoms with Crippen molar-refractivity contribution in [2.75, 3.05) is 54.1 Å². The summed E-state index contributed by atoms with van der Waals surface area (Å²) in [6.45, 7) is 5.46. The molecule has 0 bridgehead atoms. The molecule has 0 fully saturated rings. The molecule has 0 saturated heterocycles. The average Bonchev–Trinajstić information content (AvgIpc) is 3.22. The highest BCUT2D eigenvalue weighted by Crippen LogP contribution is 2.43. The molecule has 0 amide bonds. The molecular formula is C52H95NO7P+. The Hall–Kier alpha value is -2.06. The van der Waals surface area contributed by atoms with Gasteiger partial charge in [-0.25, -0.2) is 4.57 Å². The van der Waals surface area contributed by atoms with E-state index >= 15 is 0 Å². The molecule has 8 nitrogen and oxygen atoms in total. The van der Waals surface area contributed by atoms with E-state index in [0.717, 1.165) is 70.6 Å². The first kappa shape index (κ1) is 58.9. The van der Waals surface area contributed by atoms with Crippen LogP contribution in [0.25, 0.3) is 0 Å². The third-order valence-corrected chi connectivity index (χ3v) is 11.2. The van der Waals surface area contributed by atoms with Crippen LogP contribution < -0.4 is 0 Å². The molecule has 0 aromatic heterocycles. The van der Waals surface area contributed by atoms with Crippen LogP contribution in [0.3, 0.4) is 0 Å². The van der Waals surface area contributed by atoms with Crippen LogP contribution in [0.5, 0.6) is 0 Å². The van der Waals surface area contributed by atoms with Crippen molar-refractivity contribution in [1.82, 2.24) is 0 Å². The summed E-state index contributed by atoms with van der Waals surface area (Å²) < 4.78 is 35.1. The highest BCUT2D eigenvalue weighted by Gasteiger charge is 2.26. The van der Waals surface area contributed by atoms with Gasteiger partial charge >= 0.3 is 13.8 Å². The van der Waals surface area contributed by atoms with Gasteiger partial charge in [0.2, 0.25) is 0 Å². The predicted octanol–water partition coefficient (Wildman–Crippen LogP) is 15.1. The SMILES string of the molecule is CC/C=C\C/C=C\C/C=C\C/C=C\CCCCCCCCCCC(=O)OC(COCCCCCCCCCC/C=C\C/C=C\CCCCC)COP(=O)(O)OCC[N+](C)(C)C. The van der Waals surface area contributed by atoms with Crippen LogP contribution in [-0.2, 0) is 27.9 Å². The second kappa shape index (κ2) is 44.5. The number of ether oxygens (including phenoxy) is 2. The highest BCUT2D eigenvalue weighted by molar-refractivity contribution is 7.47. The summed E-state index contributed by atoms with van der Waals surface area (Å²) in [5.41, 5.74) is 0. The number of rotatable bonds is 45. The van der Waals surface area contributed by atoms with Crippen LogP contribution in [0.1, 0.15) is 194 Å². The monoisotopic (exact) mass is 877 g/mol. The topological polar surface area (TPSA) is 91.3 Å². The second-order valence-electron chi connectivity index (χ2n) is 17.5. The van der Waals surface area contributed by atoms with Crippen LogP contribution in [0.15, 0.2) is 72.9 Å². The fraction of sp³-hybridized carbons (Fsp3) is 0.750. The van der Waals surface area contributed by atoms with E-state index in [1.54, 1.807) is 0 Å². The Balaban J connectivity index is 4.21. The molecule has 0 aliphatic heterocycles. The number of carbonyl (C=O) groups excluding carboxylic acids is 1. The zero-order valence-corrected chi connectivity index (χ0v) is 41.0. The Kier molecular flexibility index (Phi) is 43.0. The fourth-order valence-electron chi connectivity index (χ4n) is 6.46. The Morgan fingerprint density at radius 1 is 0.525 bits per heavy atom. The van der Waals surface area contributed by atoms with E-state index in [1.807, 2.05) is 21.1 Å². The standard InChI is InChI=1S/C52H94NO7P/c1-6-8-10-12-14-16-18-20-22-24-26-27-28-29-31-33-35-37-39-41-43-45-52(54)60-51(50-59-61(55,56)58-48-46-53(3,4)5)49-57-47-44-42-40-38-36-34-32-30-25-23-21-19-17-15-13-11-9-7-2/h8,10,14-17,20-23,26-27,51H,6-7,9,11-13,18-19,24-25,28-50H2,1-5H3/p+1/b10-8-,16-14-,17-15-,22-20-,23-21-,27-26-. The van der Waals surface area contributed by atoms with Gasteiger partial charge in [-0.05, 0) is 83.5 Å². The Morgan fingerprint density at radius 3 is 1.43 bits per heavy atom. The molecule has 0 heterocycles. The second-order valence-corrected chi connectivity index (χ2v) is 18.9. The van der Waals surface area contributed by atoms with E-state index in [2.05, 4.69) is 86.8 Å². The van der Waals surface area contributed by atoms with Crippen molar-refractivity contribution in [2.24, 2.45) is 0 Å². The maximum absolute atomic E-state index is 12.8. The first-order valence-electron chi connectivity index (χ1n) is 24.7. The minimum Gasteiger partial charge on any atom is -0.457 e. The van der Waals surface area contributed by atoms with Crippen molar-refractivity contribution in [3.05, 3.63) is 72.9 Å². The average molecular weight is 877 g/mol. The normalized spacial score (nSPS) is 14.3. The molecule has 0 saturated carbocycles. The van der Waals surface area contributed by atoms with Gasteiger partial charge in [-0.15, -0.1) is 0 Å². The highest BCUT2D eigenvalue weighted by atomic mass is 31.2. The third kappa shape index (κ3) is 48.8. The summed E-state index contributed by atoms with van der Waals surface area (Å²) in [4.78, 5) is 23.0. The number of esters is 1. The van der Waals surface area contributed by atoms with Crippen molar-refractivity contribution in [3.8, 4) is 0 Å². The van der Waals surface area contributed by atoms with Gasteiger partial charge in [0.25, 0.3) is 0 Å². The summed E-state index contributed by atoms with van der Waals surface area (Å²) in [6.07, 6.45) is 57.9. The van der Waals surface area contributed by atoms with Gasteiger partial charge in [0.05, 0.1) is 34.4 Å². The minimum absolute atomic E-state index is 0.0823. The number of hydrogen-bond acceptors (Lipinski definition) is 6. The molecule has 0 aromatic carbocycles. The van der Waals surface area contributed by atoms with Gasteiger partial charge in [0.15, 0.2) is 0 Å². The van der Waals surface area contributed by atoms with Gasteiger partial charge in [0.1, 0.15) is 19.3 Å². The van der Waals surface area contributed by atoms with E-state index < -0.39 is 13.9 Å². The Bertz CT molecular complexity index is 1200. The van der Waals surface area contributed by atoms with Crippen LogP contribution in [0, 0.1) is 0 Å². The Labute approximate surface area is 376 Å². The zero-order valence-electron chi connectivity index (χ0n) is 40.1. The maximum atomic E-state index is 12.8. The number of allylic oxidation sites excluding steroid dienone is 12. The molecule has 1 N–H and O–H groups in total. The minimum atomic E-state index is -4.29. The first-order valence-corrected chi connectivity index (χ1v) is 26.2. The molecule has 0 aliphatic carbocycles. The molecule has 0 aromatic rings. The number of nitrogens with zero attached hydrogens (tertiary/aromatic N) is 1. The van der Waals surface area contributed by atoms with E-state index in [4.69, 9.17) is 18.5 Å². The lowest BCUT2D eigenvalue weighted by Crippen LogP contribution is -2.37. The number of likely N-dealkylation sites (N-methyl/N-ethyl adjacent to an activating group) is 1. The summed E-state index contributed by atoms with van der Waals surface area (Å²) in [5.74, 6) is -0.326. The van der Waals surface area contributed by atoms with Gasteiger partial charge in [-0.3, -0.25) is 13.8 Å². The zero-order chi connectivity index (χ0) is 44.8. The van der Waals surface area contributed by atoms with Crippen molar-refractivity contribution in [1.29, 1.82) is 0 Å². The number of hydrogen-bond donors (Lipinski definition) is 1. The van der Waals surface area contributed by atoms with Crippen molar-refractivity contribution in [3.63, 3.8) is 0 Å². The Morgan fingerprint density at radius 2 is 0.951 bits per heavy atom. The first-order chi connectivity index (χ1) is 29.6. The molecule has 2 atom stereocenters. The maximum Gasteiger partial charge on any atom is 0.472 e. The quantitative estimate of drug-likeness (QED) is 0.0214. The molecule has 61 heavy (non-hydrogen) atoms. The summed E-state index contributed by atoms with van der Waals surface area (Å²) in [7, 11) is 1.65. The van der Waals surface area contributed by atoms with Gasteiger partial charge in [-0.1, -0.05) is 177 Å². The lowest BCUT2D eigenvalue weighted by Gasteiger charge is -2.24. The fourth-order valence-corrected chi connectivity index (χ4v) is 7.20. The molecule has 2 unspecified atom stereocenters. The molecule has 0 rings (SSSR count). The van der Waals surface area contributed by atoms with Crippen molar-refractivity contribution < 1.29 is 37.3 Å². The lowest BCUT2D eigenvalue weighted by molar-refractivity contribution is -0.870. The van der Waals surface area contributed by atoms with E-state index in [9.17, 15) is 14.3 Å². The van der Waals surface area contributed by atoms with Crippen LogP contribution in [-0.4, -0.2) is 75.6 Å². The van der Waals surface area contributed by atoms with E-state index in [1.165, 1.54) is 103 Å². The number of phosphoric acid groups is 1. The largest absolute Gasteiger partial charge is 0.472 e. The smallest absolute Gasteiger partial charge is 0.457 e. The van der Waals surface area contributed by atoms with Gasteiger partial charge in [-0.2, -0.15) is 0 Å². The molecule has 0 spiro atoms.